The minimum absolute atomic E-state index is 0.206. The Balaban J connectivity index is 1.80. The lowest BCUT2D eigenvalue weighted by molar-refractivity contribution is 0.0962. The van der Waals surface area contributed by atoms with Crippen LogP contribution in [0.15, 0.2) is 43.1 Å². The third-order valence-electron chi connectivity index (χ3n) is 4.78. The molecule has 0 aliphatic heterocycles. The maximum atomic E-state index is 12.0. The van der Waals surface area contributed by atoms with Crippen LogP contribution < -0.4 is 10.1 Å². The number of ether oxygens (including phenoxy) is 1. The van der Waals surface area contributed by atoms with E-state index in [-0.39, 0.29) is 5.91 Å². The fraction of sp³-hybridized carbons (Fsp3) is 0.286. The highest BCUT2D eigenvalue weighted by molar-refractivity contribution is 5.94. The van der Waals surface area contributed by atoms with Crippen LogP contribution in [0.2, 0.25) is 0 Å². The molecule has 0 bridgehead atoms. The molecule has 1 N–H and O–H groups in total. The molecule has 4 rings (SSSR count). The molecule has 10 heteroatoms. The number of fused-ring (bicyclic) bond motifs is 1. The van der Waals surface area contributed by atoms with Crippen molar-refractivity contribution in [2.75, 3.05) is 34.3 Å². The van der Waals surface area contributed by atoms with E-state index in [9.17, 15) is 4.79 Å². The van der Waals surface area contributed by atoms with Gasteiger partial charge in [0, 0.05) is 50.4 Å². The van der Waals surface area contributed by atoms with Gasteiger partial charge < -0.3 is 15.0 Å². The van der Waals surface area contributed by atoms with Crippen molar-refractivity contribution in [3.8, 4) is 28.3 Å². The fourth-order valence-electron chi connectivity index (χ4n) is 3.14. The minimum atomic E-state index is -0.206. The molecule has 0 saturated heterocycles. The highest BCUT2D eigenvalue weighted by Crippen LogP contribution is 2.31. The molecular formula is C21H24N8O2. The average Bonchev–Trinajstić information content (AvgIpc) is 3.38. The lowest BCUT2D eigenvalue weighted by Gasteiger charge is -2.13. The van der Waals surface area contributed by atoms with Crippen LogP contribution in [0.25, 0.3) is 28.0 Å². The molecule has 160 valence electrons. The summed E-state index contributed by atoms with van der Waals surface area (Å²) in [6, 6.07) is 3.69. The van der Waals surface area contributed by atoms with Gasteiger partial charge in [0.05, 0.1) is 29.2 Å². The van der Waals surface area contributed by atoms with Crippen molar-refractivity contribution in [1.82, 2.24) is 39.6 Å². The molecule has 4 aromatic heterocycles. The Morgan fingerprint density at radius 3 is 2.71 bits per heavy atom. The van der Waals surface area contributed by atoms with E-state index in [1.807, 2.05) is 38.3 Å². The molecule has 0 atom stereocenters. The van der Waals surface area contributed by atoms with Gasteiger partial charge in [0.25, 0.3) is 5.91 Å². The molecule has 1 amide bonds. The van der Waals surface area contributed by atoms with Crippen LogP contribution in [0.4, 0.5) is 0 Å². The Morgan fingerprint density at radius 1 is 1.16 bits per heavy atom. The molecule has 4 heterocycles. The SMILES string of the molecule is CNC(=O)c1cncc(-c2cnc3cc(-c4cnn(C)c4)c(OCCN(C)C)nn23)c1. The number of carbonyl (C=O) groups is 1. The smallest absolute Gasteiger partial charge is 0.252 e. The Morgan fingerprint density at radius 2 is 2.00 bits per heavy atom. The Hall–Kier alpha value is -3.79. The van der Waals surface area contributed by atoms with Crippen LogP contribution in [0.5, 0.6) is 5.88 Å². The number of rotatable bonds is 7. The first-order valence-electron chi connectivity index (χ1n) is 9.79. The van der Waals surface area contributed by atoms with Gasteiger partial charge in [-0.15, -0.1) is 5.10 Å². The van der Waals surface area contributed by atoms with Crippen molar-refractivity contribution in [2.45, 2.75) is 0 Å². The summed E-state index contributed by atoms with van der Waals surface area (Å²) in [6.07, 6.45) is 8.60. The quantitative estimate of drug-likeness (QED) is 0.483. The van der Waals surface area contributed by atoms with Crippen molar-refractivity contribution >= 4 is 11.6 Å². The summed E-state index contributed by atoms with van der Waals surface area (Å²) < 4.78 is 9.48. The summed E-state index contributed by atoms with van der Waals surface area (Å²) >= 11 is 0. The predicted molar refractivity (Wildman–Crippen MR) is 116 cm³/mol. The number of hydrogen-bond donors (Lipinski definition) is 1. The zero-order chi connectivity index (χ0) is 22.0. The molecule has 0 aromatic carbocycles. The summed E-state index contributed by atoms with van der Waals surface area (Å²) in [5.74, 6) is 0.278. The zero-order valence-corrected chi connectivity index (χ0v) is 17.9. The third kappa shape index (κ3) is 4.24. The van der Waals surface area contributed by atoms with E-state index in [1.165, 1.54) is 6.20 Å². The molecule has 0 fully saturated rings. The van der Waals surface area contributed by atoms with Crippen molar-refractivity contribution in [1.29, 1.82) is 0 Å². The van der Waals surface area contributed by atoms with Crippen molar-refractivity contribution in [2.24, 2.45) is 7.05 Å². The number of imidazole rings is 1. The summed E-state index contributed by atoms with van der Waals surface area (Å²) in [7, 11) is 7.43. The lowest BCUT2D eigenvalue weighted by Crippen LogP contribution is -2.20. The first-order chi connectivity index (χ1) is 15.0. The maximum absolute atomic E-state index is 12.0. The summed E-state index contributed by atoms with van der Waals surface area (Å²) in [5.41, 5.74) is 4.26. The van der Waals surface area contributed by atoms with Gasteiger partial charge in [-0.2, -0.15) is 5.10 Å². The van der Waals surface area contributed by atoms with Crippen molar-refractivity contribution in [3.63, 3.8) is 0 Å². The highest BCUT2D eigenvalue weighted by Gasteiger charge is 2.17. The summed E-state index contributed by atoms with van der Waals surface area (Å²) in [6.45, 7) is 1.23. The topological polar surface area (TPSA) is 102 Å². The number of aryl methyl sites for hydroxylation is 1. The van der Waals surface area contributed by atoms with E-state index in [2.05, 4.69) is 20.4 Å². The second-order valence-electron chi connectivity index (χ2n) is 7.37. The van der Waals surface area contributed by atoms with Gasteiger partial charge in [-0.3, -0.25) is 14.5 Å². The van der Waals surface area contributed by atoms with Crippen LogP contribution >= 0.6 is 0 Å². The number of carbonyl (C=O) groups excluding carboxylic acids is 1. The molecule has 31 heavy (non-hydrogen) atoms. The van der Waals surface area contributed by atoms with Crippen LogP contribution in [0.1, 0.15) is 10.4 Å². The van der Waals surface area contributed by atoms with E-state index >= 15 is 0 Å². The molecule has 0 radical (unpaired) electrons. The zero-order valence-electron chi connectivity index (χ0n) is 17.9. The number of nitrogens with zero attached hydrogens (tertiary/aromatic N) is 7. The van der Waals surface area contributed by atoms with Gasteiger partial charge >= 0.3 is 0 Å². The Kier molecular flexibility index (Phi) is 5.63. The fourth-order valence-corrected chi connectivity index (χ4v) is 3.14. The molecule has 10 nitrogen and oxygen atoms in total. The Bertz CT molecular complexity index is 1230. The van der Waals surface area contributed by atoms with Crippen LogP contribution in [0.3, 0.4) is 0 Å². The molecule has 0 aliphatic carbocycles. The minimum Gasteiger partial charge on any atom is -0.475 e. The Labute approximate surface area is 179 Å². The summed E-state index contributed by atoms with van der Waals surface area (Å²) in [5, 5.41) is 11.6. The number of pyridine rings is 1. The molecule has 0 saturated carbocycles. The average molecular weight is 420 g/mol. The second kappa shape index (κ2) is 8.52. The highest BCUT2D eigenvalue weighted by atomic mass is 16.5. The lowest BCUT2D eigenvalue weighted by atomic mass is 10.1. The normalized spacial score (nSPS) is 11.3. The van der Waals surface area contributed by atoms with Crippen molar-refractivity contribution < 1.29 is 9.53 Å². The van der Waals surface area contributed by atoms with Gasteiger partial charge in [-0.1, -0.05) is 0 Å². The number of nitrogens with one attached hydrogen (secondary N) is 1. The number of likely N-dealkylation sites (N-methyl/N-ethyl adjacent to an activating group) is 1. The molecular weight excluding hydrogens is 396 g/mol. The molecule has 0 aliphatic rings. The van der Waals surface area contributed by atoms with Gasteiger partial charge in [0.2, 0.25) is 5.88 Å². The number of aromatic nitrogens is 6. The summed E-state index contributed by atoms with van der Waals surface area (Å²) in [4.78, 5) is 22.8. The van der Waals surface area contributed by atoms with E-state index in [0.717, 1.165) is 23.2 Å². The largest absolute Gasteiger partial charge is 0.475 e. The van der Waals surface area contributed by atoms with Crippen LogP contribution in [-0.2, 0) is 7.05 Å². The van der Waals surface area contributed by atoms with Crippen LogP contribution in [-0.4, -0.2) is 74.5 Å². The molecule has 0 spiro atoms. The first-order valence-corrected chi connectivity index (χ1v) is 9.79. The van der Waals surface area contributed by atoms with Gasteiger partial charge in [-0.25, -0.2) is 9.50 Å². The predicted octanol–water partition coefficient (Wildman–Crippen LogP) is 1.49. The maximum Gasteiger partial charge on any atom is 0.252 e. The van der Waals surface area contributed by atoms with Gasteiger partial charge in [-0.05, 0) is 26.2 Å². The molecule has 0 unspecified atom stereocenters. The molecule has 4 aromatic rings. The number of amides is 1. The van der Waals surface area contributed by atoms with Crippen LogP contribution in [0, 0.1) is 0 Å². The standard InChI is InChI=1S/C21H24N8O2/c1-22-20(30)15-7-14(9-23-10-15)18-12-24-19-8-17(16-11-25-28(4)13-16)21(26-29(18)19)31-6-5-27(2)3/h7-13H,5-6H2,1-4H3,(H,22,30). The third-order valence-corrected chi connectivity index (χ3v) is 4.78. The van der Waals surface area contributed by atoms with Gasteiger partial charge in [0.15, 0.2) is 5.65 Å². The van der Waals surface area contributed by atoms with Gasteiger partial charge in [0.1, 0.15) is 6.61 Å². The van der Waals surface area contributed by atoms with E-state index < -0.39 is 0 Å². The van der Waals surface area contributed by atoms with Crippen molar-refractivity contribution in [3.05, 3.63) is 48.7 Å². The number of hydrogen-bond acceptors (Lipinski definition) is 7. The monoisotopic (exact) mass is 420 g/mol. The second-order valence-corrected chi connectivity index (χ2v) is 7.37. The van der Waals surface area contributed by atoms with E-state index in [1.54, 1.807) is 40.9 Å². The van der Waals surface area contributed by atoms with E-state index in [0.29, 0.717) is 29.4 Å². The van der Waals surface area contributed by atoms with E-state index in [4.69, 9.17) is 9.84 Å². The first kappa shape index (κ1) is 20.5.